The predicted molar refractivity (Wildman–Crippen MR) is 76.6 cm³/mol. The van der Waals surface area contributed by atoms with Gasteiger partial charge in [-0.2, -0.15) is 0 Å². The molecule has 0 saturated heterocycles. The fourth-order valence-electron chi connectivity index (χ4n) is 1.73. The molecular weight excluding hydrogens is 301 g/mol. The van der Waals surface area contributed by atoms with E-state index in [0.717, 1.165) is 0 Å². The van der Waals surface area contributed by atoms with Crippen LogP contribution in [0.25, 0.3) is 0 Å². The zero-order valence-corrected chi connectivity index (χ0v) is 12.2. The lowest BCUT2D eigenvalue weighted by molar-refractivity contribution is 0.566. The lowest BCUT2D eigenvalue weighted by Gasteiger charge is -2.14. The van der Waals surface area contributed by atoms with Crippen LogP contribution in [0.1, 0.15) is 18.5 Å². The van der Waals surface area contributed by atoms with Crippen LogP contribution in [0.5, 0.6) is 0 Å². The van der Waals surface area contributed by atoms with Gasteiger partial charge in [-0.15, -0.1) is 0 Å². The van der Waals surface area contributed by atoms with Crippen LogP contribution in [0, 0.1) is 5.82 Å². The highest BCUT2D eigenvalue weighted by Crippen LogP contribution is 2.18. The summed E-state index contributed by atoms with van der Waals surface area (Å²) in [6.45, 7) is 1.70. The summed E-state index contributed by atoms with van der Waals surface area (Å²) in [7, 11) is -3.64. The monoisotopic (exact) mass is 313 g/mol. The van der Waals surface area contributed by atoms with Crippen LogP contribution in [-0.2, 0) is 10.0 Å². The summed E-state index contributed by atoms with van der Waals surface area (Å²) < 4.78 is 39.7. The van der Waals surface area contributed by atoms with Gasteiger partial charge in [0.1, 0.15) is 5.82 Å². The van der Waals surface area contributed by atoms with E-state index in [1.807, 2.05) is 0 Å². The van der Waals surface area contributed by atoms with Crippen LogP contribution in [0.2, 0.25) is 5.02 Å². The van der Waals surface area contributed by atoms with Crippen molar-refractivity contribution < 1.29 is 12.8 Å². The molecule has 0 unspecified atom stereocenters. The summed E-state index contributed by atoms with van der Waals surface area (Å²) >= 11 is 5.73. The molecule has 106 valence electrons. The number of sulfonamides is 1. The van der Waals surface area contributed by atoms with Crippen LogP contribution in [0.4, 0.5) is 4.39 Å². The maximum Gasteiger partial charge on any atom is 0.241 e. The van der Waals surface area contributed by atoms with Crippen molar-refractivity contribution in [2.24, 2.45) is 0 Å². The predicted octanol–water partition coefficient (Wildman–Crippen LogP) is 3.52. The van der Waals surface area contributed by atoms with E-state index in [0.29, 0.717) is 10.6 Å². The van der Waals surface area contributed by atoms with Crippen molar-refractivity contribution in [1.29, 1.82) is 0 Å². The molecular formula is C14H13ClFNO2S. The number of hydrogen-bond donors (Lipinski definition) is 1. The molecule has 0 fully saturated rings. The minimum Gasteiger partial charge on any atom is -0.207 e. The minimum absolute atomic E-state index is 0.135. The molecule has 6 heteroatoms. The van der Waals surface area contributed by atoms with E-state index in [9.17, 15) is 12.8 Å². The van der Waals surface area contributed by atoms with Gasteiger partial charge in [0.15, 0.2) is 0 Å². The molecule has 2 aromatic carbocycles. The van der Waals surface area contributed by atoms with Gasteiger partial charge in [-0.3, -0.25) is 0 Å². The molecule has 0 aromatic heterocycles. The first kappa shape index (κ1) is 15.0. The van der Waals surface area contributed by atoms with Crippen LogP contribution < -0.4 is 4.72 Å². The van der Waals surface area contributed by atoms with Gasteiger partial charge in [0.05, 0.1) is 4.90 Å². The summed E-state index contributed by atoms with van der Waals surface area (Å²) in [6, 6.07) is 11.1. The van der Waals surface area contributed by atoms with E-state index in [1.165, 1.54) is 36.4 Å². The second-order valence-corrected chi connectivity index (χ2v) is 6.50. The van der Waals surface area contributed by atoms with E-state index < -0.39 is 16.1 Å². The Labute approximate surface area is 122 Å². The molecule has 0 amide bonds. The smallest absolute Gasteiger partial charge is 0.207 e. The summed E-state index contributed by atoms with van der Waals surface area (Å²) in [5.74, 6) is -0.360. The third-order valence-corrected chi connectivity index (χ3v) is 4.63. The maximum absolute atomic E-state index is 12.8. The molecule has 0 spiro atoms. The number of halogens is 2. The van der Waals surface area contributed by atoms with Gasteiger partial charge in [-0.05, 0) is 48.9 Å². The van der Waals surface area contributed by atoms with E-state index in [1.54, 1.807) is 19.1 Å². The standard InChI is InChI=1S/C14H13ClFNO2S/c1-10(11-2-6-13(16)7-3-11)17-20(18,19)14-8-4-12(15)5-9-14/h2-10,17H,1H3/t10-/m0/s1. The zero-order chi connectivity index (χ0) is 14.8. The highest BCUT2D eigenvalue weighted by molar-refractivity contribution is 7.89. The molecule has 3 nitrogen and oxygen atoms in total. The highest BCUT2D eigenvalue weighted by atomic mass is 35.5. The number of rotatable bonds is 4. The average Bonchev–Trinajstić information content (AvgIpc) is 2.39. The van der Waals surface area contributed by atoms with Crippen LogP contribution in [0.15, 0.2) is 53.4 Å². The van der Waals surface area contributed by atoms with E-state index in [2.05, 4.69) is 4.72 Å². The van der Waals surface area contributed by atoms with Gasteiger partial charge in [-0.1, -0.05) is 23.7 Å². The Hall–Kier alpha value is -1.43. The van der Waals surface area contributed by atoms with Crippen LogP contribution in [0.3, 0.4) is 0 Å². The lowest BCUT2D eigenvalue weighted by Crippen LogP contribution is -2.26. The second-order valence-electron chi connectivity index (χ2n) is 4.35. The molecule has 20 heavy (non-hydrogen) atoms. The topological polar surface area (TPSA) is 46.2 Å². The first-order chi connectivity index (χ1) is 9.38. The number of benzene rings is 2. The number of hydrogen-bond acceptors (Lipinski definition) is 2. The second kappa shape index (κ2) is 5.91. The molecule has 0 bridgehead atoms. The van der Waals surface area contributed by atoms with Crippen molar-refractivity contribution in [2.75, 3.05) is 0 Å². The lowest BCUT2D eigenvalue weighted by atomic mass is 10.1. The molecule has 2 aromatic rings. The molecule has 0 heterocycles. The molecule has 2 rings (SSSR count). The van der Waals surface area contributed by atoms with Gasteiger partial charge < -0.3 is 0 Å². The van der Waals surface area contributed by atoms with Crippen molar-refractivity contribution in [2.45, 2.75) is 17.9 Å². The summed E-state index contributed by atoms with van der Waals surface area (Å²) in [6.07, 6.45) is 0. The highest BCUT2D eigenvalue weighted by Gasteiger charge is 2.18. The van der Waals surface area contributed by atoms with Gasteiger partial charge >= 0.3 is 0 Å². The van der Waals surface area contributed by atoms with E-state index >= 15 is 0 Å². The third kappa shape index (κ3) is 3.56. The Morgan fingerprint density at radius 1 is 1.05 bits per heavy atom. The first-order valence-electron chi connectivity index (χ1n) is 5.92. The minimum atomic E-state index is -3.64. The fraction of sp³-hybridized carbons (Fsp3) is 0.143. The van der Waals surface area contributed by atoms with Crippen molar-refractivity contribution in [3.63, 3.8) is 0 Å². The summed E-state index contributed by atoms with van der Waals surface area (Å²) in [4.78, 5) is 0.135. The van der Waals surface area contributed by atoms with Gasteiger partial charge in [0, 0.05) is 11.1 Å². The Morgan fingerprint density at radius 3 is 2.15 bits per heavy atom. The van der Waals surface area contributed by atoms with Crippen molar-refractivity contribution in [3.05, 3.63) is 64.9 Å². The summed E-state index contributed by atoms with van der Waals surface area (Å²) in [5.41, 5.74) is 0.684. The van der Waals surface area contributed by atoms with Gasteiger partial charge in [0.25, 0.3) is 0 Å². The Balaban J connectivity index is 2.19. The van der Waals surface area contributed by atoms with Gasteiger partial charge in [-0.25, -0.2) is 17.5 Å². The maximum atomic E-state index is 12.8. The Kier molecular flexibility index (Phi) is 4.42. The Morgan fingerprint density at radius 2 is 1.60 bits per heavy atom. The molecule has 1 N–H and O–H groups in total. The van der Waals surface area contributed by atoms with Crippen molar-refractivity contribution >= 4 is 21.6 Å². The molecule has 0 aliphatic rings. The van der Waals surface area contributed by atoms with Crippen LogP contribution in [-0.4, -0.2) is 8.42 Å². The third-order valence-electron chi connectivity index (χ3n) is 2.83. The first-order valence-corrected chi connectivity index (χ1v) is 7.78. The van der Waals surface area contributed by atoms with Crippen molar-refractivity contribution in [1.82, 2.24) is 4.72 Å². The average molecular weight is 314 g/mol. The number of nitrogens with one attached hydrogen (secondary N) is 1. The SMILES string of the molecule is C[C@H](NS(=O)(=O)c1ccc(Cl)cc1)c1ccc(F)cc1. The van der Waals surface area contributed by atoms with E-state index in [4.69, 9.17) is 11.6 Å². The van der Waals surface area contributed by atoms with Crippen LogP contribution >= 0.6 is 11.6 Å². The van der Waals surface area contributed by atoms with Crippen molar-refractivity contribution in [3.8, 4) is 0 Å². The largest absolute Gasteiger partial charge is 0.241 e. The van der Waals surface area contributed by atoms with E-state index in [-0.39, 0.29) is 10.7 Å². The molecule has 0 saturated carbocycles. The quantitative estimate of drug-likeness (QED) is 0.938. The zero-order valence-electron chi connectivity index (χ0n) is 10.7. The molecule has 1 atom stereocenters. The molecule has 0 aliphatic heterocycles. The Bertz CT molecular complexity index is 684. The normalized spacial score (nSPS) is 13.2. The summed E-state index contributed by atoms with van der Waals surface area (Å²) in [5, 5.41) is 0.468. The fourth-order valence-corrected chi connectivity index (χ4v) is 3.09. The molecule has 0 radical (unpaired) electrons. The van der Waals surface area contributed by atoms with Gasteiger partial charge in [0.2, 0.25) is 10.0 Å². The molecule has 0 aliphatic carbocycles.